The highest BCUT2D eigenvalue weighted by Gasteiger charge is 2.51. The van der Waals surface area contributed by atoms with Crippen LogP contribution in [0, 0.1) is 0 Å². The number of aromatic nitrogens is 1. The Morgan fingerprint density at radius 1 is 1.14 bits per heavy atom. The zero-order valence-corrected chi connectivity index (χ0v) is 16.6. The number of benzene rings is 1. The number of carbonyl (C=O) groups excluding carboxylic acids is 1. The second-order valence-electron chi connectivity index (χ2n) is 7.77. The molecule has 1 saturated heterocycles. The molecule has 1 aromatic heterocycles. The van der Waals surface area contributed by atoms with E-state index >= 15 is 0 Å². The van der Waals surface area contributed by atoms with Gasteiger partial charge in [-0.3, -0.25) is 4.79 Å². The molecule has 1 amide bonds. The van der Waals surface area contributed by atoms with Crippen molar-refractivity contribution < 1.29 is 9.53 Å². The number of likely N-dealkylation sites (N-methyl/N-ethyl adjacent to an activating group) is 1. The molecule has 1 aromatic carbocycles. The van der Waals surface area contributed by atoms with Gasteiger partial charge in [0.2, 0.25) is 5.91 Å². The maximum Gasteiger partial charge on any atom is 0.230 e. The van der Waals surface area contributed by atoms with Gasteiger partial charge in [-0.1, -0.05) is 18.2 Å². The van der Waals surface area contributed by atoms with Crippen LogP contribution in [0.25, 0.3) is 0 Å². The van der Waals surface area contributed by atoms with E-state index in [4.69, 9.17) is 4.74 Å². The molecule has 6 heteroatoms. The van der Waals surface area contributed by atoms with Crippen molar-refractivity contribution in [3.05, 3.63) is 53.7 Å². The molecule has 0 unspecified atom stereocenters. The predicted octanol–water partition coefficient (Wildman–Crippen LogP) is 2.19. The third-order valence-corrected chi connectivity index (χ3v) is 5.94. The van der Waals surface area contributed by atoms with Crippen molar-refractivity contribution in [3.8, 4) is 5.75 Å². The Balaban J connectivity index is 1.44. The summed E-state index contributed by atoms with van der Waals surface area (Å²) in [6, 6.07) is 11.9. The molecule has 28 heavy (non-hydrogen) atoms. The van der Waals surface area contributed by atoms with Crippen LogP contribution in [-0.2, 0) is 16.8 Å². The lowest BCUT2D eigenvalue weighted by Gasteiger charge is -2.34. The fourth-order valence-electron chi connectivity index (χ4n) is 3.90. The van der Waals surface area contributed by atoms with Gasteiger partial charge in [-0.15, -0.1) is 0 Å². The number of methoxy groups -OCH3 is 1. The Morgan fingerprint density at radius 3 is 2.50 bits per heavy atom. The summed E-state index contributed by atoms with van der Waals surface area (Å²) in [6.45, 7) is 4.49. The van der Waals surface area contributed by atoms with Gasteiger partial charge >= 0.3 is 0 Å². The Bertz CT molecular complexity index is 825. The lowest BCUT2D eigenvalue weighted by atomic mass is 9.95. The van der Waals surface area contributed by atoms with E-state index in [9.17, 15) is 4.79 Å². The number of hydrogen-bond acceptors (Lipinski definition) is 5. The summed E-state index contributed by atoms with van der Waals surface area (Å²) < 4.78 is 5.23. The number of ether oxygens (including phenoxy) is 1. The van der Waals surface area contributed by atoms with Gasteiger partial charge in [0.15, 0.2) is 0 Å². The van der Waals surface area contributed by atoms with E-state index in [2.05, 4.69) is 33.2 Å². The molecule has 2 heterocycles. The molecule has 1 aliphatic heterocycles. The molecular formula is C22H28N4O2. The highest BCUT2D eigenvalue weighted by atomic mass is 16.5. The number of anilines is 1. The SMILES string of the molecule is COc1ccc(C2(C(=O)NCc3cccnc3N3CCN(C)CC3)CC2)cc1. The Labute approximate surface area is 166 Å². The van der Waals surface area contributed by atoms with E-state index in [0.717, 1.165) is 61.7 Å². The number of nitrogens with zero attached hydrogens (tertiary/aromatic N) is 3. The molecule has 4 rings (SSSR count). The quantitative estimate of drug-likeness (QED) is 0.833. The largest absolute Gasteiger partial charge is 0.497 e. The summed E-state index contributed by atoms with van der Waals surface area (Å²) in [6.07, 6.45) is 3.62. The zero-order valence-electron chi connectivity index (χ0n) is 16.6. The smallest absolute Gasteiger partial charge is 0.230 e. The van der Waals surface area contributed by atoms with Crippen molar-refractivity contribution in [2.24, 2.45) is 0 Å². The van der Waals surface area contributed by atoms with Gasteiger partial charge in [0.25, 0.3) is 0 Å². The van der Waals surface area contributed by atoms with E-state index in [1.807, 2.05) is 36.5 Å². The molecule has 1 aliphatic carbocycles. The molecule has 2 aromatic rings. The normalized spacial score (nSPS) is 18.6. The van der Waals surface area contributed by atoms with E-state index in [1.54, 1.807) is 7.11 Å². The average molecular weight is 380 g/mol. The first-order valence-corrected chi connectivity index (χ1v) is 9.92. The second-order valence-corrected chi connectivity index (χ2v) is 7.77. The topological polar surface area (TPSA) is 57.7 Å². The number of nitrogens with one attached hydrogen (secondary N) is 1. The maximum atomic E-state index is 13.0. The van der Waals surface area contributed by atoms with Crippen LogP contribution < -0.4 is 15.0 Å². The van der Waals surface area contributed by atoms with E-state index in [0.29, 0.717) is 6.54 Å². The van der Waals surface area contributed by atoms with Crippen molar-refractivity contribution in [2.75, 3.05) is 45.2 Å². The molecule has 2 aliphatic rings. The number of amides is 1. The summed E-state index contributed by atoms with van der Waals surface area (Å²) >= 11 is 0. The molecule has 0 spiro atoms. The fourth-order valence-corrected chi connectivity index (χ4v) is 3.90. The Morgan fingerprint density at radius 2 is 1.86 bits per heavy atom. The third-order valence-electron chi connectivity index (χ3n) is 5.94. The standard InChI is InChI=1S/C22H28N4O2/c1-25-12-14-26(15-13-25)20-17(4-3-11-23-20)16-24-21(27)22(9-10-22)18-5-7-19(28-2)8-6-18/h3-8,11H,9-10,12-16H2,1-2H3,(H,24,27). The molecular weight excluding hydrogens is 352 g/mol. The highest BCUT2D eigenvalue weighted by Crippen LogP contribution is 2.48. The van der Waals surface area contributed by atoms with Crippen LogP contribution in [0.5, 0.6) is 5.75 Å². The minimum Gasteiger partial charge on any atom is -0.497 e. The molecule has 1 saturated carbocycles. The predicted molar refractivity (Wildman–Crippen MR) is 110 cm³/mol. The Kier molecular flexibility index (Phi) is 5.22. The van der Waals surface area contributed by atoms with Crippen molar-refractivity contribution in [3.63, 3.8) is 0 Å². The van der Waals surface area contributed by atoms with Gasteiger partial charge in [0.1, 0.15) is 11.6 Å². The fraction of sp³-hybridized carbons (Fsp3) is 0.455. The van der Waals surface area contributed by atoms with E-state index in [-0.39, 0.29) is 11.3 Å². The number of pyridine rings is 1. The first-order valence-electron chi connectivity index (χ1n) is 9.92. The molecule has 6 nitrogen and oxygen atoms in total. The molecule has 2 fully saturated rings. The first-order chi connectivity index (χ1) is 13.6. The minimum absolute atomic E-state index is 0.103. The van der Waals surface area contributed by atoms with E-state index in [1.165, 1.54) is 0 Å². The van der Waals surface area contributed by atoms with Gasteiger partial charge in [-0.05, 0) is 43.7 Å². The van der Waals surface area contributed by atoms with Crippen molar-refractivity contribution >= 4 is 11.7 Å². The van der Waals surface area contributed by atoms with Crippen molar-refractivity contribution in [1.29, 1.82) is 0 Å². The van der Waals surface area contributed by atoms with Crippen LogP contribution in [0.3, 0.4) is 0 Å². The zero-order chi connectivity index (χ0) is 19.6. The van der Waals surface area contributed by atoms with Gasteiger partial charge in [0, 0.05) is 44.5 Å². The summed E-state index contributed by atoms with van der Waals surface area (Å²) in [5.74, 6) is 1.91. The van der Waals surface area contributed by atoms with Crippen molar-refractivity contribution in [2.45, 2.75) is 24.8 Å². The van der Waals surface area contributed by atoms with Crippen LogP contribution in [0.1, 0.15) is 24.0 Å². The van der Waals surface area contributed by atoms with Gasteiger partial charge in [-0.25, -0.2) is 4.98 Å². The molecule has 0 bridgehead atoms. The van der Waals surface area contributed by atoms with Gasteiger partial charge in [-0.2, -0.15) is 0 Å². The van der Waals surface area contributed by atoms with Crippen LogP contribution in [-0.4, -0.2) is 56.1 Å². The van der Waals surface area contributed by atoms with E-state index < -0.39 is 0 Å². The molecule has 0 atom stereocenters. The summed E-state index contributed by atoms with van der Waals surface area (Å²) in [7, 11) is 3.80. The molecule has 0 radical (unpaired) electrons. The van der Waals surface area contributed by atoms with Crippen molar-refractivity contribution in [1.82, 2.24) is 15.2 Å². The molecule has 148 valence electrons. The van der Waals surface area contributed by atoms with Crippen LogP contribution in [0.4, 0.5) is 5.82 Å². The summed E-state index contributed by atoms with van der Waals surface area (Å²) in [4.78, 5) is 22.2. The van der Waals surface area contributed by atoms with Gasteiger partial charge in [0.05, 0.1) is 12.5 Å². The average Bonchev–Trinajstić information content (AvgIpc) is 3.55. The van der Waals surface area contributed by atoms with Gasteiger partial charge < -0.3 is 19.9 Å². The maximum absolute atomic E-state index is 13.0. The minimum atomic E-state index is -0.386. The number of hydrogen-bond donors (Lipinski definition) is 1. The summed E-state index contributed by atoms with van der Waals surface area (Å²) in [5.41, 5.74) is 1.75. The number of carbonyl (C=O) groups is 1. The third kappa shape index (κ3) is 3.69. The summed E-state index contributed by atoms with van der Waals surface area (Å²) in [5, 5.41) is 3.17. The molecule has 1 N–H and O–H groups in total. The Hall–Kier alpha value is -2.60. The number of rotatable bonds is 6. The van der Waals surface area contributed by atoms with Crippen LogP contribution in [0.2, 0.25) is 0 Å². The van der Waals surface area contributed by atoms with Crippen LogP contribution >= 0.6 is 0 Å². The highest BCUT2D eigenvalue weighted by molar-refractivity contribution is 5.91. The lowest BCUT2D eigenvalue weighted by molar-refractivity contribution is -0.123. The second kappa shape index (κ2) is 7.80. The first kappa shape index (κ1) is 18.7. The monoisotopic (exact) mass is 380 g/mol. The van der Waals surface area contributed by atoms with Crippen LogP contribution in [0.15, 0.2) is 42.6 Å². The number of piperazine rings is 1. The lowest BCUT2D eigenvalue weighted by Crippen LogP contribution is -2.45.